The standard InChI is InChI=1S/C16H22F3N3O2/c1-12(2)22-9-7-21(8-10-22)11-15(23)20-13-3-5-14(6-4-13)24-16(17,18)19/h3-6,12H,7-11H2,1-2H3,(H,20,23). The van der Waals surface area contributed by atoms with Crippen LogP contribution in [0.2, 0.25) is 0 Å². The molecule has 8 heteroatoms. The van der Waals surface area contributed by atoms with Crippen LogP contribution in [0, 0.1) is 0 Å². The third-order valence-corrected chi connectivity index (χ3v) is 3.88. The van der Waals surface area contributed by atoms with E-state index >= 15 is 0 Å². The van der Waals surface area contributed by atoms with Gasteiger partial charge in [-0.05, 0) is 38.1 Å². The van der Waals surface area contributed by atoms with E-state index in [1.54, 1.807) is 0 Å². The number of benzene rings is 1. The first kappa shape index (κ1) is 18.5. The van der Waals surface area contributed by atoms with Crippen LogP contribution < -0.4 is 10.1 Å². The number of nitrogens with zero attached hydrogens (tertiary/aromatic N) is 2. The van der Waals surface area contributed by atoms with Gasteiger partial charge in [0.05, 0.1) is 6.54 Å². The van der Waals surface area contributed by atoms with Gasteiger partial charge in [-0.2, -0.15) is 0 Å². The molecule has 0 radical (unpaired) electrons. The van der Waals surface area contributed by atoms with Crippen LogP contribution in [0.5, 0.6) is 5.75 Å². The van der Waals surface area contributed by atoms with Crippen LogP contribution in [0.15, 0.2) is 24.3 Å². The lowest BCUT2D eigenvalue weighted by Crippen LogP contribution is -2.50. The Balaban J connectivity index is 1.78. The monoisotopic (exact) mass is 345 g/mol. The molecule has 0 saturated carbocycles. The second-order valence-corrected chi connectivity index (χ2v) is 6.03. The number of anilines is 1. The number of amides is 1. The minimum Gasteiger partial charge on any atom is -0.406 e. The minimum absolute atomic E-state index is 0.183. The molecule has 1 aliphatic heterocycles. The summed E-state index contributed by atoms with van der Waals surface area (Å²) in [7, 11) is 0. The van der Waals surface area contributed by atoms with Crippen molar-refractivity contribution in [1.29, 1.82) is 0 Å². The van der Waals surface area contributed by atoms with E-state index < -0.39 is 6.36 Å². The van der Waals surface area contributed by atoms with Crippen molar-refractivity contribution in [1.82, 2.24) is 9.80 Å². The van der Waals surface area contributed by atoms with Crippen molar-refractivity contribution in [3.8, 4) is 5.75 Å². The number of nitrogens with one attached hydrogen (secondary N) is 1. The Morgan fingerprint density at radius 1 is 1.17 bits per heavy atom. The maximum absolute atomic E-state index is 12.1. The van der Waals surface area contributed by atoms with Crippen LogP contribution in [0.1, 0.15) is 13.8 Å². The molecule has 0 aromatic heterocycles. The zero-order valence-corrected chi connectivity index (χ0v) is 13.8. The molecule has 24 heavy (non-hydrogen) atoms. The first-order valence-electron chi connectivity index (χ1n) is 7.85. The van der Waals surface area contributed by atoms with Crippen LogP contribution in [-0.2, 0) is 4.79 Å². The lowest BCUT2D eigenvalue weighted by atomic mass is 10.2. The molecule has 2 rings (SSSR count). The highest BCUT2D eigenvalue weighted by Crippen LogP contribution is 2.23. The van der Waals surface area contributed by atoms with Gasteiger partial charge in [0.25, 0.3) is 0 Å². The lowest BCUT2D eigenvalue weighted by Gasteiger charge is -2.36. The maximum Gasteiger partial charge on any atom is 0.573 e. The zero-order valence-electron chi connectivity index (χ0n) is 13.8. The Morgan fingerprint density at radius 3 is 2.25 bits per heavy atom. The molecular formula is C16H22F3N3O2. The van der Waals surface area contributed by atoms with E-state index in [-0.39, 0.29) is 18.2 Å². The van der Waals surface area contributed by atoms with E-state index in [0.29, 0.717) is 11.7 Å². The number of alkyl halides is 3. The average molecular weight is 345 g/mol. The molecule has 0 unspecified atom stereocenters. The van der Waals surface area contributed by atoms with Crippen LogP contribution in [0.3, 0.4) is 0 Å². The first-order valence-corrected chi connectivity index (χ1v) is 7.85. The normalized spacial score (nSPS) is 17.1. The van der Waals surface area contributed by atoms with Gasteiger partial charge in [0.15, 0.2) is 0 Å². The first-order chi connectivity index (χ1) is 11.2. The van der Waals surface area contributed by atoms with Crippen molar-refractivity contribution in [2.24, 2.45) is 0 Å². The second-order valence-electron chi connectivity index (χ2n) is 6.03. The highest BCUT2D eigenvalue weighted by molar-refractivity contribution is 5.92. The van der Waals surface area contributed by atoms with Crippen LogP contribution in [-0.4, -0.2) is 60.8 Å². The molecule has 1 aromatic carbocycles. The molecule has 0 aliphatic carbocycles. The van der Waals surface area contributed by atoms with E-state index in [2.05, 4.69) is 33.7 Å². The predicted molar refractivity (Wildman–Crippen MR) is 84.9 cm³/mol. The zero-order chi connectivity index (χ0) is 17.7. The second kappa shape index (κ2) is 7.85. The summed E-state index contributed by atoms with van der Waals surface area (Å²) < 4.78 is 40.1. The molecular weight excluding hydrogens is 323 g/mol. The summed E-state index contributed by atoms with van der Waals surface area (Å²) in [5.74, 6) is -0.497. The number of ether oxygens (including phenoxy) is 1. The van der Waals surface area contributed by atoms with Crippen LogP contribution in [0.4, 0.5) is 18.9 Å². The van der Waals surface area contributed by atoms with Gasteiger partial charge < -0.3 is 10.1 Å². The van der Waals surface area contributed by atoms with Crippen LogP contribution >= 0.6 is 0 Å². The predicted octanol–water partition coefficient (Wildman–Crippen LogP) is 2.55. The van der Waals surface area contributed by atoms with Gasteiger partial charge in [-0.25, -0.2) is 0 Å². The van der Waals surface area contributed by atoms with Gasteiger partial charge in [0.1, 0.15) is 5.75 Å². The van der Waals surface area contributed by atoms with E-state index in [0.717, 1.165) is 26.2 Å². The summed E-state index contributed by atoms with van der Waals surface area (Å²) in [6.07, 6.45) is -4.72. The van der Waals surface area contributed by atoms with E-state index in [1.165, 1.54) is 24.3 Å². The quantitative estimate of drug-likeness (QED) is 0.891. The highest BCUT2D eigenvalue weighted by Gasteiger charge is 2.31. The third kappa shape index (κ3) is 6.01. The summed E-state index contributed by atoms with van der Waals surface area (Å²) in [5.41, 5.74) is 0.440. The summed E-state index contributed by atoms with van der Waals surface area (Å²) in [5, 5.41) is 2.68. The fraction of sp³-hybridized carbons (Fsp3) is 0.562. The molecule has 0 spiro atoms. The fourth-order valence-corrected chi connectivity index (χ4v) is 2.58. The smallest absolute Gasteiger partial charge is 0.406 e. The Kier molecular flexibility index (Phi) is 6.06. The van der Waals surface area contributed by atoms with Gasteiger partial charge in [0.2, 0.25) is 5.91 Å². The van der Waals surface area contributed by atoms with E-state index in [1.807, 2.05) is 0 Å². The van der Waals surface area contributed by atoms with Crippen molar-refractivity contribution >= 4 is 11.6 Å². The third-order valence-electron chi connectivity index (χ3n) is 3.88. The molecule has 1 amide bonds. The highest BCUT2D eigenvalue weighted by atomic mass is 19.4. The largest absolute Gasteiger partial charge is 0.573 e. The number of hydrogen-bond acceptors (Lipinski definition) is 4. The number of carbonyl (C=O) groups excluding carboxylic acids is 1. The summed E-state index contributed by atoms with van der Waals surface area (Å²) in [6, 6.07) is 5.61. The van der Waals surface area contributed by atoms with Gasteiger partial charge in [-0.1, -0.05) is 0 Å². The van der Waals surface area contributed by atoms with Gasteiger partial charge in [-0.15, -0.1) is 13.2 Å². The van der Waals surface area contributed by atoms with Gasteiger partial charge in [-0.3, -0.25) is 14.6 Å². The number of halogens is 3. The van der Waals surface area contributed by atoms with Gasteiger partial charge >= 0.3 is 6.36 Å². The molecule has 0 atom stereocenters. The van der Waals surface area contributed by atoms with Crippen molar-refractivity contribution in [3.05, 3.63) is 24.3 Å². The molecule has 1 fully saturated rings. The van der Waals surface area contributed by atoms with E-state index in [9.17, 15) is 18.0 Å². The molecule has 1 N–H and O–H groups in total. The number of piperazine rings is 1. The molecule has 0 bridgehead atoms. The topological polar surface area (TPSA) is 44.8 Å². The van der Waals surface area contributed by atoms with Crippen molar-refractivity contribution in [2.75, 3.05) is 38.0 Å². The SMILES string of the molecule is CC(C)N1CCN(CC(=O)Nc2ccc(OC(F)(F)F)cc2)CC1. The average Bonchev–Trinajstić information content (AvgIpc) is 2.48. The Labute approximate surface area is 139 Å². The van der Waals surface area contributed by atoms with Crippen LogP contribution in [0.25, 0.3) is 0 Å². The van der Waals surface area contributed by atoms with E-state index in [4.69, 9.17) is 0 Å². The molecule has 5 nitrogen and oxygen atoms in total. The molecule has 1 aliphatic rings. The molecule has 134 valence electrons. The minimum atomic E-state index is -4.72. The van der Waals surface area contributed by atoms with Gasteiger partial charge in [0, 0.05) is 37.9 Å². The van der Waals surface area contributed by atoms with Crippen molar-refractivity contribution in [2.45, 2.75) is 26.3 Å². The van der Waals surface area contributed by atoms with Crippen molar-refractivity contribution in [3.63, 3.8) is 0 Å². The molecule has 1 saturated heterocycles. The molecule has 1 heterocycles. The number of rotatable bonds is 5. The summed E-state index contributed by atoms with van der Waals surface area (Å²) >= 11 is 0. The number of hydrogen-bond donors (Lipinski definition) is 1. The summed E-state index contributed by atoms with van der Waals surface area (Å²) in [4.78, 5) is 16.5. The Morgan fingerprint density at radius 2 is 1.75 bits per heavy atom. The Bertz CT molecular complexity index is 538. The Hall–Kier alpha value is -1.80. The fourth-order valence-electron chi connectivity index (χ4n) is 2.58. The lowest BCUT2D eigenvalue weighted by molar-refractivity contribution is -0.274. The summed E-state index contributed by atoms with van der Waals surface area (Å²) in [6.45, 7) is 8.06. The maximum atomic E-state index is 12.1. The molecule has 1 aromatic rings. The number of carbonyl (C=O) groups is 1. The van der Waals surface area contributed by atoms with Crippen molar-refractivity contribution < 1.29 is 22.7 Å².